The summed E-state index contributed by atoms with van der Waals surface area (Å²) in [5.74, 6) is -0.347. The number of carbonyl (C=O) groups excluding carboxylic acids is 1. The molecule has 0 aliphatic heterocycles. The van der Waals surface area contributed by atoms with Crippen LogP contribution >= 0.6 is 0 Å². The molecule has 0 bridgehead atoms. The van der Waals surface area contributed by atoms with E-state index >= 15 is 0 Å². The zero-order chi connectivity index (χ0) is 12.3. The van der Waals surface area contributed by atoms with Gasteiger partial charge in [-0.05, 0) is 0 Å². The fourth-order valence-corrected chi connectivity index (χ4v) is 1.20. The first-order chi connectivity index (χ1) is 7.45. The van der Waals surface area contributed by atoms with Crippen LogP contribution in [0.15, 0.2) is 6.20 Å². The van der Waals surface area contributed by atoms with Crippen LogP contribution in [-0.4, -0.2) is 41.4 Å². The molecule has 0 fully saturated rings. The number of likely N-dealkylation sites (N-methyl/N-ethyl adjacent to an activating group) is 1. The summed E-state index contributed by atoms with van der Waals surface area (Å²) >= 11 is 0. The van der Waals surface area contributed by atoms with Gasteiger partial charge in [0, 0.05) is 14.1 Å². The zero-order valence-electron chi connectivity index (χ0n) is 9.21. The van der Waals surface area contributed by atoms with Gasteiger partial charge in [-0.25, -0.2) is 0 Å². The van der Waals surface area contributed by atoms with Gasteiger partial charge in [-0.1, -0.05) is 0 Å². The van der Waals surface area contributed by atoms with Crippen LogP contribution in [0, 0.1) is 10.1 Å². The largest absolute Gasteiger partial charge is 0.468 e. The molecule has 1 aromatic heterocycles. The van der Waals surface area contributed by atoms with Crippen LogP contribution in [0.3, 0.4) is 0 Å². The molecular weight excluding hydrogens is 216 g/mol. The van der Waals surface area contributed by atoms with Crippen LogP contribution in [0.25, 0.3) is 0 Å². The van der Waals surface area contributed by atoms with Crippen molar-refractivity contribution in [3.05, 3.63) is 16.3 Å². The Hall–Kier alpha value is -2.12. The van der Waals surface area contributed by atoms with Crippen molar-refractivity contribution in [1.82, 2.24) is 9.78 Å². The summed E-state index contributed by atoms with van der Waals surface area (Å²) in [6.45, 7) is -0.0889. The van der Waals surface area contributed by atoms with Gasteiger partial charge in [0.15, 0.2) is 0 Å². The number of aryl methyl sites for hydroxylation is 1. The number of methoxy groups -OCH3 is 1. The Labute approximate surface area is 91.6 Å². The van der Waals surface area contributed by atoms with E-state index in [1.165, 1.54) is 29.9 Å². The zero-order valence-corrected chi connectivity index (χ0v) is 9.21. The lowest BCUT2D eigenvalue weighted by Gasteiger charge is -2.13. The van der Waals surface area contributed by atoms with Gasteiger partial charge in [-0.15, -0.1) is 5.10 Å². The highest BCUT2D eigenvalue weighted by Gasteiger charge is 2.23. The molecule has 0 N–H and O–H groups in total. The number of hydrogen-bond acceptors (Lipinski definition) is 6. The number of nitro groups is 1. The molecule has 0 aliphatic rings. The second-order valence-electron chi connectivity index (χ2n) is 3.20. The van der Waals surface area contributed by atoms with Gasteiger partial charge in [-0.2, -0.15) is 0 Å². The number of carbonyl (C=O) groups is 1. The topological polar surface area (TPSA) is 90.5 Å². The van der Waals surface area contributed by atoms with Gasteiger partial charge in [-0.3, -0.25) is 19.6 Å². The van der Waals surface area contributed by atoms with Crippen LogP contribution in [-0.2, 0) is 16.6 Å². The van der Waals surface area contributed by atoms with E-state index in [0.717, 1.165) is 0 Å². The lowest BCUT2D eigenvalue weighted by atomic mass is 10.4. The van der Waals surface area contributed by atoms with Gasteiger partial charge >= 0.3 is 11.7 Å². The van der Waals surface area contributed by atoms with E-state index in [9.17, 15) is 14.9 Å². The first-order valence-corrected chi connectivity index (χ1v) is 4.41. The summed E-state index contributed by atoms with van der Waals surface area (Å²) in [6.07, 6.45) is 1.28. The molecule has 0 aromatic carbocycles. The number of ether oxygens (including phenoxy) is 1. The van der Waals surface area contributed by atoms with Gasteiger partial charge in [0.25, 0.3) is 0 Å². The van der Waals surface area contributed by atoms with Crippen LogP contribution < -0.4 is 4.90 Å². The highest BCUT2D eigenvalue weighted by atomic mass is 16.6. The Morgan fingerprint density at radius 2 is 2.38 bits per heavy atom. The van der Waals surface area contributed by atoms with E-state index in [0.29, 0.717) is 0 Å². The lowest BCUT2D eigenvalue weighted by Crippen LogP contribution is -2.27. The number of nitrogens with zero attached hydrogens (tertiary/aromatic N) is 4. The number of anilines is 1. The number of esters is 1. The summed E-state index contributed by atoms with van der Waals surface area (Å²) < 4.78 is 5.79. The van der Waals surface area contributed by atoms with Crippen molar-refractivity contribution in [2.24, 2.45) is 7.05 Å². The predicted octanol–water partition coefficient (Wildman–Crippen LogP) is -0.0625. The van der Waals surface area contributed by atoms with Gasteiger partial charge < -0.3 is 9.64 Å². The van der Waals surface area contributed by atoms with Crippen molar-refractivity contribution in [3.63, 3.8) is 0 Å². The Morgan fingerprint density at radius 3 is 2.88 bits per heavy atom. The lowest BCUT2D eigenvalue weighted by molar-refractivity contribution is -0.384. The van der Waals surface area contributed by atoms with Crippen molar-refractivity contribution in [2.45, 2.75) is 0 Å². The normalized spacial score (nSPS) is 9.94. The van der Waals surface area contributed by atoms with Crippen LogP contribution in [0.2, 0.25) is 0 Å². The molecule has 1 heterocycles. The quantitative estimate of drug-likeness (QED) is 0.407. The molecule has 0 saturated carbocycles. The summed E-state index contributed by atoms with van der Waals surface area (Å²) in [7, 11) is 4.36. The molecule has 0 aliphatic carbocycles. The minimum Gasteiger partial charge on any atom is -0.468 e. The summed E-state index contributed by atoms with van der Waals surface area (Å²) in [5, 5.41) is 14.6. The molecule has 0 saturated heterocycles. The third-order valence-corrected chi connectivity index (χ3v) is 1.94. The van der Waals surface area contributed by atoms with Crippen LogP contribution in [0.1, 0.15) is 0 Å². The molecule has 1 rings (SSSR count). The van der Waals surface area contributed by atoms with E-state index < -0.39 is 10.9 Å². The Morgan fingerprint density at radius 1 is 1.75 bits per heavy atom. The van der Waals surface area contributed by atoms with E-state index in [1.807, 2.05) is 0 Å². The summed E-state index contributed by atoms with van der Waals surface area (Å²) in [5.41, 5.74) is -0.145. The first-order valence-electron chi connectivity index (χ1n) is 4.41. The Bertz CT molecular complexity index is 414. The number of hydrogen-bond donors (Lipinski definition) is 0. The van der Waals surface area contributed by atoms with Crippen molar-refractivity contribution in [1.29, 1.82) is 0 Å². The average molecular weight is 228 g/mol. The van der Waals surface area contributed by atoms with E-state index in [1.54, 1.807) is 7.05 Å². The SMILES string of the molecule is COC(=O)CN(C)c1nn(C)cc1[N+](=O)[O-]. The predicted molar refractivity (Wildman–Crippen MR) is 55.1 cm³/mol. The molecule has 0 spiro atoms. The molecule has 88 valence electrons. The van der Waals surface area contributed by atoms with Gasteiger partial charge in [0.2, 0.25) is 5.82 Å². The number of rotatable bonds is 4. The van der Waals surface area contributed by atoms with E-state index in [2.05, 4.69) is 9.84 Å². The van der Waals surface area contributed by atoms with Crippen molar-refractivity contribution in [2.75, 3.05) is 25.6 Å². The second-order valence-corrected chi connectivity index (χ2v) is 3.20. The maximum atomic E-state index is 11.0. The molecule has 0 amide bonds. The maximum absolute atomic E-state index is 11.0. The third kappa shape index (κ3) is 2.47. The highest BCUT2D eigenvalue weighted by Crippen LogP contribution is 2.24. The van der Waals surface area contributed by atoms with Crippen LogP contribution in [0.5, 0.6) is 0 Å². The molecule has 0 atom stereocenters. The molecule has 8 heteroatoms. The minimum atomic E-state index is -0.546. The molecule has 0 radical (unpaired) electrons. The molecule has 16 heavy (non-hydrogen) atoms. The standard InChI is InChI=1S/C8H12N4O4/c1-10(5-7(13)16-3)8-6(12(14)15)4-11(2)9-8/h4H,5H2,1-3H3. The van der Waals surface area contributed by atoms with Crippen molar-refractivity contribution < 1.29 is 14.5 Å². The fourth-order valence-electron chi connectivity index (χ4n) is 1.20. The smallest absolute Gasteiger partial charge is 0.330 e. The fraction of sp³-hybridized carbons (Fsp3) is 0.500. The van der Waals surface area contributed by atoms with Crippen molar-refractivity contribution >= 4 is 17.5 Å². The minimum absolute atomic E-state index is 0.0889. The first kappa shape index (κ1) is 12.0. The highest BCUT2D eigenvalue weighted by molar-refractivity contribution is 5.76. The average Bonchev–Trinajstić information content (AvgIpc) is 2.60. The van der Waals surface area contributed by atoms with E-state index in [4.69, 9.17) is 0 Å². The monoisotopic (exact) mass is 228 g/mol. The van der Waals surface area contributed by atoms with Gasteiger partial charge in [0.05, 0.1) is 12.0 Å². The molecular formula is C8H12N4O4. The third-order valence-electron chi connectivity index (χ3n) is 1.94. The molecule has 8 nitrogen and oxygen atoms in total. The maximum Gasteiger partial charge on any atom is 0.330 e. The summed E-state index contributed by atoms with van der Waals surface area (Å²) in [4.78, 5) is 22.5. The Balaban J connectivity index is 2.94. The van der Waals surface area contributed by atoms with Crippen LogP contribution in [0.4, 0.5) is 11.5 Å². The van der Waals surface area contributed by atoms with Crippen molar-refractivity contribution in [3.8, 4) is 0 Å². The second kappa shape index (κ2) is 4.60. The molecule has 1 aromatic rings. The van der Waals surface area contributed by atoms with E-state index in [-0.39, 0.29) is 18.1 Å². The van der Waals surface area contributed by atoms with Gasteiger partial charge in [0.1, 0.15) is 12.7 Å². The Kier molecular flexibility index (Phi) is 3.44. The summed E-state index contributed by atoms with van der Waals surface area (Å²) in [6, 6.07) is 0. The number of aromatic nitrogens is 2. The molecule has 0 unspecified atom stereocenters.